The number of imidazole rings is 1. The molecule has 2 fully saturated rings. The van der Waals surface area contributed by atoms with E-state index in [1.54, 1.807) is 28.1 Å². The summed E-state index contributed by atoms with van der Waals surface area (Å²) in [5, 5.41) is 18.5. The monoisotopic (exact) mass is 478 g/mol. The molecule has 1 unspecified atom stereocenters. The van der Waals surface area contributed by atoms with E-state index in [0.29, 0.717) is 22.9 Å². The Morgan fingerprint density at radius 1 is 1.32 bits per heavy atom. The number of H-pyrrole nitrogens is 2. The van der Waals surface area contributed by atoms with Crippen molar-refractivity contribution in [1.29, 1.82) is 0 Å². The van der Waals surface area contributed by atoms with Crippen molar-refractivity contribution in [2.75, 3.05) is 20.1 Å². The highest BCUT2D eigenvalue weighted by Crippen LogP contribution is 2.28. The van der Waals surface area contributed by atoms with Gasteiger partial charge in [0.1, 0.15) is 5.69 Å². The van der Waals surface area contributed by atoms with E-state index in [1.807, 2.05) is 13.1 Å². The lowest BCUT2D eigenvalue weighted by Crippen LogP contribution is -2.29. The minimum Gasteiger partial charge on any atom is -0.493 e. The average molecular weight is 479 g/mol. The van der Waals surface area contributed by atoms with Crippen LogP contribution in [0.2, 0.25) is 0 Å². The van der Waals surface area contributed by atoms with Crippen LogP contribution in [-0.2, 0) is 6.54 Å². The van der Waals surface area contributed by atoms with Crippen molar-refractivity contribution in [2.45, 2.75) is 37.9 Å². The molecule has 4 N–H and O–H groups in total. The fourth-order valence-electron chi connectivity index (χ4n) is 4.36. The SMILES string of the molecule is CNC1CCN(Cc2ccc(-c3cc(=NC4CC4)n4ncc(=Cc5[nH]c(=O)[nH]c5O)c4n3)s2)C1. The molecule has 0 amide bonds. The molecule has 1 atom stereocenters. The third-order valence-electron chi connectivity index (χ3n) is 6.35. The van der Waals surface area contributed by atoms with Crippen molar-refractivity contribution < 1.29 is 5.11 Å². The third kappa shape index (κ3) is 4.17. The van der Waals surface area contributed by atoms with E-state index >= 15 is 0 Å². The summed E-state index contributed by atoms with van der Waals surface area (Å²) in [6.07, 6.45) is 6.70. The molecule has 176 valence electrons. The van der Waals surface area contributed by atoms with E-state index < -0.39 is 5.69 Å². The zero-order chi connectivity index (χ0) is 23.2. The van der Waals surface area contributed by atoms with Crippen LogP contribution < -0.4 is 21.7 Å². The van der Waals surface area contributed by atoms with E-state index in [9.17, 15) is 9.90 Å². The van der Waals surface area contributed by atoms with Gasteiger partial charge in [0, 0.05) is 41.8 Å². The Labute approximate surface area is 198 Å². The summed E-state index contributed by atoms with van der Waals surface area (Å²) in [5.74, 6) is -0.214. The molecule has 0 radical (unpaired) electrons. The molecule has 1 saturated heterocycles. The zero-order valence-electron chi connectivity index (χ0n) is 18.8. The molecule has 34 heavy (non-hydrogen) atoms. The minimum atomic E-state index is -0.469. The van der Waals surface area contributed by atoms with Crippen LogP contribution in [0.4, 0.5) is 0 Å². The molecule has 0 spiro atoms. The lowest BCUT2D eigenvalue weighted by molar-refractivity contribution is 0.325. The van der Waals surface area contributed by atoms with Gasteiger partial charge >= 0.3 is 5.69 Å². The normalized spacial score (nSPS) is 20.2. The van der Waals surface area contributed by atoms with Gasteiger partial charge in [-0.15, -0.1) is 11.3 Å². The molecule has 2 aliphatic rings. The smallest absolute Gasteiger partial charge is 0.326 e. The number of thiophene rings is 1. The number of nitrogens with zero attached hydrogens (tertiary/aromatic N) is 5. The van der Waals surface area contributed by atoms with Gasteiger partial charge in [-0.2, -0.15) is 9.61 Å². The van der Waals surface area contributed by atoms with Gasteiger partial charge in [-0.25, -0.2) is 9.78 Å². The summed E-state index contributed by atoms with van der Waals surface area (Å²) in [4.78, 5) is 31.1. The predicted molar refractivity (Wildman–Crippen MR) is 129 cm³/mol. The van der Waals surface area contributed by atoms with Gasteiger partial charge < -0.3 is 15.4 Å². The van der Waals surface area contributed by atoms with Crippen molar-refractivity contribution in [3.8, 4) is 16.5 Å². The largest absolute Gasteiger partial charge is 0.493 e. The quantitative estimate of drug-likeness (QED) is 0.321. The van der Waals surface area contributed by atoms with E-state index in [-0.39, 0.29) is 11.6 Å². The van der Waals surface area contributed by atoms with Crippen LogP contribution in [0.3, 0.4) is 0 Å². The number of hydrogen-bond donors (Lipinski definition) is 4. The maximum atomic E-state index is 11.5. The number of hydrogen-bond acceptors (Lipinski definition) is 8. The van der Waals surface area contributed by atoms with Crippen LogP contribution in [0.25, 0.3) is 22.3 Å². The number of aromatic hydroxyl groups is 1. The van der Waals surface area contributed by atoms with Gasteiger partial charge in [-0.05, 0) is 44.5 Å². The second-order valence-corrected chi connectivity index (χ2v) is 10.1. The fourth-order valence-corrected chi connectivity index (χ4v) is 5.37. The predicted octanol–water partition coefficient (Wildman–Crippen LogP) is 0.584. The molecule has 4 aromatic heterocycles. The Hall–Kier alpha value is -3.28. The van der Waals surface area contributed by atoms with Crippen molar-refractivity contribution >= 4 is 23.1 Å². The van der Waals surface area contributed by atoms with E-state index in [2.05, 4.69) is 37.4 Å². The van der Waals surface area contributed by atoms with Gasteiger partial charge in [0.2, 0.25) is 5.88 Å². The summed E-state index contributed by atoms with van der Waals surface area (Å²) in [6, 6.07) is 7.21. The molecule has 1 aliphatic carbocycles. The second-order valence-electron chi connectivity index (χ2n) is 8.96. The Balaban J connectivity index is 1.40. The topological polar surface area (TPSA) is 127 Å². The first-order valence-corrected chi connectivity index (χ1v) is 12.3. The molecule has 0 aromatic carbocycles. The second kappa shape index (κ2) is 8.49. The third-order valence-corrected chi connectivity index (χ3v) is 7.44. The number of aromatic amines is 2. The standard InChI is InChI=1S/C23H26N8O2S/c1-24-15-6-7-30(11-15)12-16-4-5-19(34-16)17-9-20(26-14-2-3-14)31-21(27-17)13(10-25-31)8-18-22(32)29-23(33)28-18/h4-5,8-10,14-15,24,32H,2-3,6-7,11-12H2,1H3,(H2,28,29,33). The molecule has 10 nitrogen and oxygen atoms in total. The summed E-state index contributed by atoms with van der Waals surface area (Å²) in [5.41, 5.74) is 2.06. The first-order valence-electron chi connectivity index (χ1n) is 11.5. The van der Waals surface area contributed by atoms with Gasteiger partial charge in [-0.1, -0.05) is 0 Å². The number of likely N-dealkylation sites (tertiary alicyclic amines) is 1. The highest BCUT2D eigenvalue weighted by molar-refractivity contribution is 7.15. The summed E-state index contributed by atoms with van der Waals surface area (Å²) in [6.45, 7) is 3.12. The average Bonchev–Trinajstić information content (AvgIpc) is 3.17. The molecule has 6 rings (SSSR count). The zero-order valence-corrected chi connectivity index (χ0v) is 19.6. The molecule has 5 heterocycles. The van der Waals surface area contributed by atoms with Crippen LogP contribution in [0, 0.1) is 0 Å². The lowest BCUT2D eigenvalue weighted by Gasteiger charge is -2.14. The number of nitrogens with one attached hydrogen (secondary N) is 3. The Bertz CT molecular complexity index is 1530. The maximum Gasteiger partial charge on any atom is 0.326 e. The Kier molecular flexibility index (Phi) is 5.31. The minimum absolute atomic E-state index is 0.214. The van der Waals surface area contributed by atoms with Crippen molar-refractivity contribution in [1.82, 2.24) is 34.8 Å². The van der Waals surface area contributed by atoms with Crippen molar-refractivity contribution in [3.63, 3.8) is 0 Å². The maximum absolute atomic E-state index is 11.5. The molecule has 4 aromatic rings. The van der Waals surface area contributed by atoms with E-state index in [1.165, 1.54) is 11.3 Å². The first-order chi connectivity index (χ1) is 16.6. The van der Waals surface area contributed by atoms with Gasteiger partial charge in [-0.3, -0.25) is 14.9 Å². The van der Waals surface area contributed by atoms with Gasteiger partial charge in [0.25, 0.3) is 0 Å². The van der Waals surface area contributed by atoms with Crippen molar-refractivity contribution in [3.05, 3.63) is 56.2 Å². The number of aromatic nitrogens is 5. The molecular weight excluding hydrogens is 452 g/mol. The number of fused-ring (bicyclic) bond motifs is 1. The van der Waals surface area contributed by atoms with Crippen LogP contribution in [0.15, 0.2) is 34.2 Å². The van der Waals surface area contributed by atoms with Crippen LogP contribution in [-0.4, -0.2) is 66.8 Å². The Morgan fingerprint density at radius 3 is 2.94 bits per heavy atom. The van der Waals surface area contributed by atoms with Gasteiger partial charge in [0.05, 0.1) is 22.8 Å². The highest BCUT2D eigenvalue weighted by atomic mass is 32.1. The molecular formula is C23H26N8O2S. The number of rotatable bonds is 6. The first kappa shape index (κ1) is 21.3. The molecule has 0 bridgehead atoms. The summed E-state index contributed by atoms with van der Waals surface area (Å²) in [7, 11) is 2.03. The van der Waals surface area contributed by atoms with E-state index in [0.717, 1.165) is 48.5 Å². The number of likely N-dealkylation sites (N-methyl/N-ethyl adjacent to an activating group) is 1. The van der Waals surface area contributed by atoms with Crippen LogP contribution in [0.5, 0.6) is 5.88 Å². The molecule has 1 saturated carbocycles. The highest BCUT2D eigenvalue weighted by Gasteiger charge is 2.22. The molecule has 1 aliphatic heterocycles. The van der Waals surface area contributed by atoms with Gasteiger partial charge in [0.15, 0.2) is 11.1 Å². The Morgan fingerprint density at radius 2 is 2.21 bits per heavy atom. The lowest BCUT2D eigenvalue weighted by atomic mass is 10.3. The van der Waals surface area contributed by atoms with Crippen LogP contribution in [0.1, 0.15) is 29.8 Å². The van der Waals surface area contributed by atoms with Crippen LogP contribution >= 0.6 is 11.3 Å². The fraction of sp³-hybridized carbons (Fsp3) is 0.391. The molecule has 11 heteroatoms. The van der Waals surface area contributed by atoms with Crippen molar-refractivity contribution in [2.24, 2.45) is 4.99 Å². The summed E-state index contributed by atoms with van der Waals surface area (Å²) >= 11 is 1.75. The summed E-state index contributed by atoms with van der Waals surface area (Å²) < 4.78 is 1.73. The van der Waals surface area contributed by atoms with E-state index in [4.69, 9.17) is 9.98 Å².